The molecule has 4 rings (SSSR count). The Bertz CT molecular complexity index is 1010. The van der Waals surface area contributed by atoms with Crippen molar-refractivity contribution in [3.8, 4) is 0 Å². The number of nitrogens with one attached hydrogen (secondary N) is 2. The SMILES string of the molecule is CSc1ccc([C@H]2C(C(=O)Nc3cccnc3)=C(C)NC3=C2C(=O)CCC3)cc1. The first-order valence-corrected chi connectivity index (χ1v) is 10.9. The quantitative estimate of drug-likeness (QED) is 0.738. The number of thioether (sulfide) groups is 1. The summed E-state index contributed by atoms with van der Waals surface area (Å²) in [5.41, 5.74) is 4.65. The number of anilines is 1. The lowest BCUT2D eigenvalue weighted by Gasteiger charge is -2.34. The molecule has 2 heterocycles. The number of nitrogens with zero attached hydrogens (tertiary/aromatic N) is 1. The minimum Gasteiger partial charge on any atom is -0.362 e. The zero-order chi connectivity index (χ0) is 20.4. The van der Waals surface area contributed by atoms with Gasteiger partial charge in [0.05, 0.1) is 11.9 Å². The summed E-state index contributed by atoms with van der Waals surface area (Å²) in [6, 6.07) is 11.7. The van der Waals surface area contributed by atoms with E-state index in [-0.39, 0.29) is 17.6 Å². The Balaban J connectivity index is 1.78. The van der Waals surface area contributed by atoms with E-state index >= 15 is 0 Å². The first-order chi connectivity index (χ1) is 14.1. The zero-order valence-electron chi connectivity index (χ0n) is 16.5. The maximum atomic E-state index is 13.3. The predicted molar refractivity (Wildman–Crippen MR) is 116 cm³/mol. The number of allylic oxidation sites excluding steroid dienone is 3. The molecule has 2 aliphatic rings. The van der Waals surface area contributed by atoms with Crippen molar-refractivity contribution in [3.63, 3.8) is 0 Å². The molecule has 0 spiro atoms. The second-order valence-corrected chi connectivity index (χ2v) is 8.11. The number of Topliss-reactive ketones (excluding diaryl/α,β-unsaturated/α-hetero) is 1. The van der Waals surface area contributed by atoms with Crippen LogP contribution in [0.15, 0.2) is 76.2 Å². The number of rotatable bonds is 4. The lowest BCUT2D eigenvalue weighted by molar-refractivity contribution is -0.116. The third kappa shape index (κ3) is 3.85. The molecule has 29 heavy (non-hydrogen) atoms. The van der Waals surface area contributed by atoms with Gasteiger partial charge in [0.15, 0.2) is 5.78 Å². The van der Waals surface area contributed by atoms with Gasteiger partial charge in [0, 0.05) is 46.0 Å². The molecule has 2 aromatic rings. The Kier molecular flexibility index (Phi) is 5.53. The highest BCUT2D eigenvalue weighted by atomic mass is 32.2. The van der Waals surface area contributed by atoms with E-state index in [9.17, 15) is 9.59 Å². The molecule has 148 valence electrons. The largest absolute Gasteiger partial charge is 0.362 e. The summed E-state index contributed by atoms with van der Waals surface area (Å²) in [5.74, 6) is -0.463. The number of pyridine rings is 1. The van der Waals surface area contributed by atoms with Gasteiger partial charge in [-0.25, -0.2) is 0 Å². The Hall–Kier alpha value is -2.86. The highest BCUT2D eigenvalue weighted by Crippen LogP contribution is 2.42. The van der Waals surface area contributed by atoms with Gasteiger partial charge in [0.1, 0.15) is 0 Å². The second kappa shape index (κ2) is 8.25. The van der Waals surface area contributed by atoms with Crippen LogP contribution < -0.4 is 10.6 Å². The van der Waals surface area contributed by atoms with Crippen LogP contribution in [0.25, 0.3) is 0 Å². The minimum atomic E-state index is -0.369. The molecular formula is C23H23N3O2S. The van der Waals surface area contributed by atoms with Crippen LogP contribution in [-0.2, 0) is 9.59 Å². The maximum Gasteiger partial charge on any atom is 0.254 e. The molecule has 0 radical (unpaired) electrons. The lowest BCUT2D eigenvalue weighted by Crippen LogP contribution is -2.35. The summed E-state index contributed by atoms with van der Waals surface area (Å²) >= 11 is 1.67. The zero-order valence-corrected chi connectivity index (χ0v) is 17.3. The van der Waals surface area contributed by atoms with Crippen molar-refractivity contribution in [1.29, 1.82) is 0 Å². The Morgan fingerprint density at radius 3 is 2.69 bits per heavy atom. The van der Waals surface area contributed by atoms with E-state index < -0.39 is 0 Å². The van der Waals surface area contributed by atoms with Crippen molar-refractivity contribution >= 4 is 29.1 Å². The Morgan fingerprint density at radius 2 is 2.00 bits per heavy atom. The molecular weight excluding hydrogens is 382 g/mol. The first-order valence-electron chi connectivity index (χ1n) is 9.68. The summed E-state index contributed by atoms with van der Waals surface area (Å²) in [6.07, 6.45) is 7.50. The number of dihydropyridines is 1. The smallest absolute Gasteiger partial charge is 0.254 e. The molecule has 1 amide bonds. The molecule has 0 saturated heterocycles. The van der Waals surface area contributed by atoms with Crippen molar-refractivity contribution in [3.05, 3.63) is 76.9 Å². The Morgan fingerprint density at radius 1 is 1.21 bits per heavy atom. The van der Waals surface area contributed by atoms with Crippen LogP contribution in [0.1, 0.15) is 37.7 Å². The van der Waals surface area contributed by atoms with Gasteiger partial charge in [0.25, 0.3) is 5.91 Å². The predicted octanol–water partition coefficient (Wildman–Crippen LogP) is 4.41. The van der Waals surface area contributed by atoms with E-state index in [1.807, 2.05) is 37.4 Å². The molecule has 0 unspecified atom stereocenters. The second-order valence-electron chi connectivity index (χ2n) is 7.23. The molecule has 5 nitrogen and oxygen atoms in total. The number of carbonyl (C=O) groups excluding carboxylic acids is 2. The fourth-order valence-electron chi connectivity index (χ4n) is 4.05. The van der Waals surface area contributed by atoms with Crippen LogP contribution in [0.3, 0.4) is 0 Å². The van der Waals surface area contributed by atoms with Crippen molar-refractivity contribution in [2.45, 2.75) is 37.0 Å². The third-order valence-electron chi connectivity index (χ3n) is 5.39. The van der Waals surface area contributed by atoms with Crippen molar-refractivity contribution in [2.75, 3.05) is 11.6 Å². The average molecular weight is 406 g/mol. The van der Waals surface area contributed by atoms with Crippen LogP contribution in [0.5, 0.6) is 0 Å². The molecule has 2 N–H and O–H groups in total. The number of aromatic nitrogens is 1. The van der Waals surface area contributed by atoms with Gasteiger partial charge in [-0.05, 0) is 55.9 Å². The van der Waals surface area contributed by atoms with Gasteiger partial charge in [-0.1, -0.05) is 12.1 Å². The molecule has 1 aliphatic heterocycles. The van der Waals surface area contributed by atoms with Gasteiger partial charge in [-0.15, -0.1) is 11.8 Å². The van der Waals surface area contributed by atoms with E-state index in [0.717, 1.165) is 40.3 Å². The van der Waals surface area contributed by atoms with Gasteiger partial charge in [-0.3, -0.25) is 14.6 Å². The number of amides is 1. The molecule has 0 saturated carbocycles. The molecule has 0 fully saturated rings. The minimum absolute atomic E-state index is 0.122. The fraction of sp³-hybridized carbons (Fsp3) is 0.261. The third-order valence-corrected chi connectivity index (χ3v) is 6.13. The van der Waals surface area contributed by atoms with Crippen LogP contribution >= 0.6 is 11.8 Å². The van der Waals surface area contributed by atoms with Crippen LogP contribution in [-0.4, -0.2) is 22.9 Å². The maximum absolute atomic E-state index is 13.3. The van der Waals surface area contributed by atoms with E-state index in [2.05, 4.69) is 15.6 Å². The van der Waals surface area contributed by atoms with E-state index in [0.29, 0.717) is 17.7 Å². The van der Waals surface area contributed by atoms with Crippen molar-refractivity contribution in [1.82, 2.24) is 10.3 Å². The van der Waals surface area contributed by atoms with Crippen molar-refractivity contribution < 1.29 is 9.59 Å². The molecule has 1 aliphatic carbocycles. The monoisotopic (exact) mass is 405 g/mol. The average Bonchev–Trinajstić information content (AvgIpc) is 2.73. The molecule has 6 heteroatoms. The van der Waals surface area contributed by atoms with Gasteiger partial charge in [-0.2, -0.15) is 0 Å². The normalized spacial score (nSPS) is 19.0. The topological polar surface area (TPSA) is 71.1 Å². The summed E-state index contributed by atoms with van der Waals surface area (Å²) < 4.78 is 0. The number of benzene rings is 1. The van der Waals surface area contributed by atoms with Crippen LogP contribution in [0, 0.1) is 0 Å². The number of carbonyl (C=O) groups is 2. The molecule has 1 atom stereocenters. The number of ketones is 1. The molecule has 1 aromatic heterocycles. The standard InChI is InChI=1S/C23H23N3O2S/c1-14-20(23(28)26-16-5-4-12-24-13-16)21(15-8-10-17(29-2)11-9-15)22-18(25-14)6-3-7-19(22)27/h4-5,8-13,21,25H,3,6-7H2,1-2H3,(H,26,28)/t21-/m0/s1. The van der Waals surface area contributed by atoms with Crippen LogP contribution in [0.4, 0.5) is 5.69 Å². The van der Waals surface area contributed by atoms with Crippen LogP contribution in [0.2, 0.25) is 0 Å². The molecule has 0 bridgehead atoms. The molecule has 1 aromatic carbocycles. The van der Waals surface area contributed by atoms with E-state index in [1.165, 1.54) is 0 Å². The van der Waals surface area contributed by atoms with Gasteiger partial charge in [0.2, 0.25) is 0 Å². The van der Waals surface area contributed by atoms with Gasteiger partial charge < -0.3 is 10.6 Å². The summed E-state index contributed by atoms with van der Waals surface area (Å²) in [4.78, 5) is 31.4. The number of hydrogen-bond donors (Lipinski definition) is 2. The Labute approximate surface area is 174 Å². The lowest BCUT2D eigenvalue weighted by atomic mass is 9.75. The summed E-state index contributed by atoms with van der Waals surface area (Å²) in [5, 5.41) is 6.28. The summed E-state index contributed by atoms with van der Waals surface area (Å²) in [7, 11) is 0. The first kappa shape index (κ1) is 19.5. The van der Waals surface area contributed by atoms with Gasteiger partial charge >= 0.3 is 0 Å². The summed E-state index contributed by atoms with van der Waals surface area (Å²) in [6.45, 7) is 1.91. The fourth-order valence-corrected chi connectivity index (χ4v) is 4.46. The number of hydrogen-bond acceptors (Lipinski definition) is 5. The highest BCUT2D eigenvalue weighted by molar-refractivity contribution is 7.98. The van der Waals surface area contributed by atoms with Crippen molar-refractivity contribution in [2.24, 2.45) is 0 Å². The van der Waals surface area contributed by atoms with E-state index in [4.69, 9.17) is 0 Å². The van der Waals surface area contributed by atoms with E-state index in [1.54, 1.807) is 36.3 Å². The highest BCUT2D eigenvalue weighted by Gasteiger charge is 2.38.